The number of halogens is 1. The first-order chi connectivity index (χ1) is 13.2. The Morgan fingerprint density at radius 3 is 2.64 bits per heavy atom. The van der Waals surface area contributed by atoms with E-state index in [0.717, 1.165) is 12.8 Å². The van der Waals surface area contributed by atoms with Crippen LogP contribution in [-0.2, 0) is 4.74 Å². The zero-order valence-corrected chi connectivity index (χ0v) is 17.8. The molecule has 0 unspecified atom stereocenters. The third-order valence-corrected chi connectivity index (χ3v) is 5.34. The molecule has 0 N–H and O–H groups in total. The van der Waals surface area contributed by atoms with Crippen LogP contribution in [0.15, 0.2) is 47.1 Å². The van der Waals surface area contributed by atoms with Crippen molar-refractivity contribution in [2.45, 2.75) is 53.9 Å². The van der Waals surface area contributed by atoms with E-state index in [9.17, 15) is 4.79 Å². The van der Waals surface area contributed by atoms with Gasteiger partial charge in [-0.1, -0.05) is 31.6 Å². The van der Waals surface area contributed by atoms with Crippen molar-refractivity contribution in [2.75, 3.05) is 13.7 Å². The minimum atomic E-state index is -0.449. The minimum absolute atomic E-state index is 0.106. The van der Waals surface area contributed by atoms with Gasteiger partial charge in [0, 0.05) is 0 Å². The van der Waals surface area contributed by atoms with Gasteiger partial charge in [-0.3, -0.25) is 0 Å². The molecule has 0 aliphatic heterocycles. The lowest BCUT2D eigenvalue weighted by atomic mass is 9.72. The van der Waals surface area contributed by atoms with Crippen molar-refractivity contribution in [1.82, 2.24) is 0 Å². The Morgan fingerprint density at radius 2 is 2.04 bits per heavy atom. The molecule has 1 aromatic rings. The average Bonchev–Trinajstić information content (AvgIpc) is 2.66. The second-order valence-electron chi connectivity index (χ2n) is 7.90. The molecule has 0 amide bonds. The Morgan fingerprint density at radius 1 is 1.32 bits per heavy atom. The van der Waals surface area contributed by atoms with Crippen LogP contribution in [0.2, 0.25) is 0 Å². The number of allylic oxidation sites excluding steroid dienone is 5. The normalized spacial score (nSPS) is 17.5. The van der Waals surface area contributed by atoms with E-state index in [1.165, 1.54) is 30.7 Å². The van der Waals surface area contributed by atoms with Crippen LogP contribution < -0.4 is 4.74 Å². The molecule has 0 saturated carbocycles. The van der Waals surface area contributed by atoms with Crippen LogP contribution in [0.25, 0.3) is 5.83 Å². The second-order valence-corrected chi connectivity index (χ2v) is 7.90. The summed E-state index contributed by atoms with van der Waals surface area (Å²) in [6.45, 7) is 10.4. The zero-order chi connectivity index (χ0) is 20.9. The molecule has 0 aromatic heterocycles. The third kappa shape index (κ3) is 4.92. The molecule has 3 nitrogen and oxygen atoms in total. The minimum Gasteiger partial charge on any atom is -0.496 e. The van der Waals surface area contributed by atoms with Crippen molar-refractivity contribution >= 4 is 11.8 Å². The fraction of sp³-hybridized carbons (Fsp3) is 0.458. The van der Waals surface area contributed by atoms with Crippen LogP contribution >= 0.6 is 0 Å². The summed E-state index contributed by atoms with van der Waals surface area (Å²) < 4.78 is 25.4. The number of carbonyl (C=O) groups is 1. The van der Waals surface area contributed by atoms with Crippen LogP contribution in [0.4, 0.5) is 4.39 Å². The maximum atomic E-state index is 15.1. The highest BCUT2D eigenvalue weighted by molar-refractivity contribution is 5.90. The van der Waals surface area contributed by atoms with E-state index in [-0.39, 0.29) is 17.8 Å². The molecular weight excluding hydrogens is 355 g/mol. The summed E-state index contributed by atoms with van der Waals surface area (Å²) in [6, 6.07) is 4.64. The van der Waals surface area contributed by atoms with Gasteiger partial charge in [-0.25, -0.2) is 9.18 Å². The maximum absolute atomic E-state index is 15.1. The molecular formula is C24H31FO3. The molecule has 1 aliphatic rings. The van der Waals surface area contributed by atoms with Crippen LogP contribution in [0.5, 0.6) is 5.75 Å². The SMILES string of the molecule is CCOC(=O)c1ccc(/C(F)=C(C)/C=C/C2=C(C)CCCC2(C)C)c(OC)c1. The van der Waals surface area contributed by atoms with Crippen LogP contribution in [0.3, 0.4) is 0 Å². The van der Waals surface area contributed by atoms with Gasteiger partial charge in [0.05, 0.1) is 24.8 Å². The molecule has 0 fully saturated rings. The number of ether oxygens (including phenoxy) is 2. The Kier molecular flexibility index (Phi) is 7.22. The molecule has 1 aliphatic carbocycles. The quantitative estimate of drug-likeness (QED) is 0.405. The van der Waals surface area contributed by atoms with Gasteiger partial charge in [0.25, 0.3) is 0 Å². The summed E-state index contributed by atoms with van der Waals surface area (Å²) in [5.41, 5.74) is 3.95. The molecule has 0 saturated heterocycles. The zero-order valence-electron chi connectivity index (χ0n) is 17.8. The number of rotatable bonds is 6. The topological polar surface area (TPSA) is 35.5 Å². The van der Waals surface area contributed by atoms with Crippen molar-refractivity contribution in [3.05, 3.63) is 58.2 Å². The number of benzene rings is 1. The smallest absolute Gasteiger partial charge is 0.338 e. The fourth-order valence-electron chi connectivity index (χ4n) is 3.72. The highest BCUT2D eigenvalue weighted by atomic mass is 19.1. The van der Waals surface area contributed by atoms with E-state index in [1.54, 1.807) is 26.0 Å². The molecule has 4 heteroatoms. The van der Waals surface area contributed by atoms with E-state index in [2.05, 4.69) is 20.8 Å². The number of esters is 1. The van der Waals surface area contributed by atoms with Crippen molar-refractivity contribution in [3.8, 4) is 5.75 Å². The standard InChI is InChI=1S/C24H31FO3/c1-7-28-23(26)18-11-12-19(21(15-18)27-6)22(25)17(3)10-13-20-16(2)9-8-14-24(20,4)5/h10-13,15H,7-9,14H2,1-6H3/b13-10+,22-17-. The summed E-state index contributed by atoms with van der Waals surface area (Å²) >= 11 is 0. The Hall–Kier alpha value is -2.36. The predicted molar refractivity (Wildman–Crippen MR) is 112 cm³/mol. The Balaban J connectivity index is 2.36. The van der Waals surface area contributed by atoms with Gasteiger partial charge in [0.15, 0.2) is 0 Å². The average molecular weight is 387 g/mol. The van der Waals surface area contributed by atoms with Crippen LogP contribution in [-0.4, -0.2) is 19.7 Å². The van der Waals surface area contributed by atoms with Crippen molar-refractivity contribution in [3.63, 3.8) is 0 Å². The lowest BCUT2D eigenvalue weighted by Gasteiger charge is -2.33. The van der Waals surface area contributed by atoms with Crippen molar-refractivity contribution < 1.29 is 18.7 Å². The van der Waals surface area contributed by atoms with Gasteiger partial charge >= 0.3 is 5.97 Å². The lowest BCUT2D eigenvalue weighted by molar-refractivity contribution is 0.0526. The highest BCUT2D eigenvalue weighted by Crippen LogP contribution is 2.41. The first kappa shape index (κ1) is 21.9. The molecule has 0 atom stereocenters. The summed E-state index contributed by atoms with van der Waals surface area (Å²) in [6.07, 6.45) is 7.31. The Bertz CT molecular complexity index is 828. The van der Waals surface area contributed by atoms with Crippen LogP contribution in [0, 0.1) is 5.41 Å². The summed E-state index contributed by atoms with van der Waals surface area (Å²) in [5.74, 6) is -0.505. The van der Waals surface area contributed by atoms with Gasteiger partial charge in [-0.2, -0.15) is 0 Å². The molecule has 1 aromatic carbocycles. The molecule has 152 valence electrons. The summed E-state index contributed by atoms with van der Waals surface area (Å²) in [4.78, 5) is 11.9. The number of hydrogen-bond donors (Lipinski definition) is 0. The third-order valence-electron chi connectivity index (χ3n) is 5.34. The molecule has 0 radical (unpaired) electrons. The van der Waals surface area contributed by atoms with E-state index >= 15 is 4.39 Å². The summed E-state index contributed by atoms with van der Waals surface area (Å²) in [7, 11) is 1.46. The fourth-order valence-corrected chi connectivity index (χ4v) is 3.72. The van der Waals surface area contributed by atoms with Gasteiger partial charge in [-0.15, -0.1) is 0 Å². The molecule has 0 heterocycles. The van der Waals surface area contributed by atoms with Gasteiger partial charge < -0.3 is 9.47 Å². The molecule has 28 heavy (non-hydrogen) atoms. The van der Waals surface area contributed by atoms with E-state index in [0.29, 0.717) is 22.4 Å². The molecule has 2 rings (SSSR count). The highest BCUT2D eigenvalue weighted by Gasteiger charge is 2.26. The van der Waals surface area contributed by atoms with Crippen LogP contribution in [0.1, 0.15) is 69.8 Å². The van der Waals surface area contributed by atoms with E-state index < -0.39 is 5.97 Å². The van der Waals surface area contributed by atoms with E-state index in [4.69, 9.17) is 9.47 Å². The number of carbonyl (C=O) groups excluding carboxylic acids is 1. The monoisotopic (exact) mass is 386 g/mol. The largest absolute Gasteiger partial charge is 0.496 e. The molecule has 0 spiro atoms. The number of hydrogen-bond acceptors (Lipinski definition) is 3. The first-order valence-corrected chi connectivity index (χ1v) is 9.81. The Labute approximate surface area is 167 Å². The van der Waals surface area contributed by atoms with Gasteiger partial charge in [-0.05, 0) is 74.8 Å². The first-order valence-electron chi connectivity index (χ1n) is 9.81. The van der Waals surface area contributed by atoms with Crippen molar-refractivity contribution in [1.29, 1.82) is 0 Å². The lowest BCUT2D eigenvalue weighted by Crippen LogP contribution is -2.19. The second kappa shape index (κ2) is 9.22. The van der Waals surface area contributed by atoms with Crippen molar-refractivity contribution in [2.24, 2.45) is 5.41 Å². The maximum Gasteiger partial charge on any atom is 0.338 e. The predicted octanol–water partition coefficient (Wildman–Crippen LogP) is 6.66. The van der Waals surface area contributed by atoms with Gasteiger partial charge in [0.2, 0.25) is 0 Å². The molecule has 0 bridgehead atoms. The number of methoxy groups -OCH3 is 1. The van der Waals surface area contributed by atoms with E-state index in [1.807, 2.05) is 12.2 Å². The van der Waals surface area contributed by atoms with Gasteiger partial charge in [0.1, 0.15) is 11.6 Å². The summed E-state index contributed by atoms with van der Waals surface area (Å²) in [5, 5.41) is 0.